The lowest BCUT2D eigenvalue weighted by Crippen LogP contribution is -2.40. The van der Waals surface area contributed by atoms with E-state index in [1.807, 2.05) is 7.05 Å². The zero-order valence-electron chi connectivity index (χ0n) is 11.7. The molecule has 0 fully saturated rings. The quantitative estimate of drug-likeness (QED) is 0.821. The van der Waals surface area contributed by atoms with Crippen LogP contribution < -0.4 is 5.32 Å². The van der Waals surface area contributed by atoms with E-state index >= 15 is 0 Å². The van der Waals surface area contributed by atoms with Crippen LogP contribution in [0.2, 0.25) is 0 Å². The second-order valence-electron chi connectivity index (χ2n) is 5.17. The first-order valence-corrected chi connectivity index (χ1v) is 6.30. The summed E-state index contributed by atoms with van der Waals surface area (Å²) in [5.74, 6) is 0. The molecule has 0 spiro atoms. The monoisotopic (exact) mass is 235 g/mol. The maximum Gasteiger partial charge on any atom is 0.0547 e. The molecule has 0 unspecified atom stereocenters. The van der Waals surface area contributed by atoms with Crippen LogP contribution in [0.25, 0.3) is 0 Å². The highest BCUT2D eigenvalue weighted by Crippen LogP contribution is 2.18. The van der Waals surface area contributed by atoms with Crippen molar-refractivity contribution in [3.63, 3.8) is 0 Å². The summed E-state index contributed by atoms with van der Waals surface area (Å²) in [7, 11) is 4.11. The first-order chi connectivity index (χ1) is 7.99. The van der Waals surface area contributed by atoms with Crippen LogP contribution in [0.4, 0.5) is 0 Å². The molecule has 0 radical (unpaired) electrons. The van der Waals surface area contributed by atoms with E-state index in [1.165, 1.54) is 0 Å². The molecule has 1 aromatic heterocycles. The minimum atomic E-state index is 0.223. The average Bonchev–Trinajstić information content (AvgIpc) is 2.30. The highest BCUT2D eigenvalue weighted by molar-refractivity contribution is 5.11. The molecule has 17 heavy (non-hydrogen) atoms. The van der Waals surface area contributed by atoms with Crippen molar-refractivity contribution in [1.29, 1.82) is 0 Å². The smallest absolute Gasteiger partial charge is 0.0547 e. The molecule has 0 bridgehead atoms. The summed E-state index contributed by atoms with van der Waals surface area (Å²) in [5, 5.41) is 3.13. The number of hydrogen-bond acceptors (Lipinski definition) is 3. The van der Waals surface area contributed by atoms with Crippen molar-refractivity contribution in [2.75, 3.05) is 14.1 Å². The Bertz CT molecular complexity index is 347. The van der Waals surface area contributed by atoms with Crippen molar-refractivity contribution in [3.8, 4) is 0 Å². The Kier molecular flexibility index (Phi) is 5.09. The van der Waals surface area contributed by atoms with Gasteiger partial charge in [-0.3, -0.25) is 9.88 Å². The van der Waals surface area contributed by atoms with Gasteiger partial charge >= 0.3 is 0 Å². The first-order valence-electron chi connectivity index (χ1n) is 6.30. The van der Waals surface area contributed by atoms with E-state index in [1.54, 1.807) is 0 Å². The van der Waals surface area contributed by atoms with Crippen molar-refractivity contribution in [2.45, 2.75) is 45.8 Å². The van der Waals surface area contributed by atoms with Crippen LogP contribution >= 0.6 is 0 Å². The summed E-state index contributed by atoms with van der Waals surface area (Å²) in [6, 6.07) is 6.24. The second-order valence-corrected chi connectivity index (χ2v) is 5.17. The molecule has 96 valence electrons. The van der Waals surface area contributed by atoms with E-state index in [2.05, 4.69) is 61.2 Å². The largest absolute Gasteiger partial charge is 0.314 e. The summed E-state index contributed by atoms with van der Waals surface area (Å²) in [6.45, 7) is 8.49. The Balaban J connectivity index is 2.71. The summed E-state index contributed by atoms with van der Waals surface area (Å²) >= 11 is 0. The lowest BCUT2D eigenvalue weighted by molar-refractivity contribution is 0.141. The Morgan fingerprint density at radius 2 is 1.94 bits per heavy atom. The maximum atomic E-state index is 4.65. The van der Waals surface area contributed by atoms with Crippen LogP contribution in [-0.2, 0) is 13.1 Å². The van der Waals surface area contributed by atoms with E-state index in [0.29, 0.717) is 0 Å². The minimum absolute atomic E-state index is 0.223. The number of nitrogens with one attached hydrogen (secondary N) is 1. The molecule has 3 heteroatoms. The molecule has 0 amide bonds. The van der Waals surface area contributed by atoms with Crippen LogP contribution in [0, 0.1) is 0 Å². The van der Waals surface area contributed by atoms with Crippen molar-refractivity contribution >= 4 is 0 Å². The molecule has 0 saturated heterocycles. The van der Waals surface area contributed by atoms with Crippen LogP contribution in [0.1, 0.15) is 38.6 Å². The van der Waals surface area contributed by atoms with E-state index < -0.39 is 0 Å². The van der Waals surface area contributed by atoms with Crippen LogP contribution in [0.3, 0.4) is 0 Å². The van der Waals surface area contributed by atoms with Crippen LogP contribution in [-0.4, -0.2) is 29.5 Å². The Morgan fingerprint density at radius 1 is 1.29 bits per heavy atom. The van der Waals surface area contributed by atoms with Gasteiger partial charge in [0.2, 0.25) is 0 Å². The average molecular weight is 235 g/mol. The van der Waals surface area contributed by atoms with Gasteiger partial charge in [0.15, 0.2) is 0 Å². The predicted octanol–water partition coefficient (Wildman–Crippen LogP) is 2.42. The Morgan fingerprint density at radius 3 is 2.53 bits per heavy atom. The molecular formula is C14H25N3. The van der Waals surface area contributed by atoms with Gasteiger partial charge in [-0.1, -0.05) is 13.0 Å². The summed E-state index contributed by atoms with van der Waals surface area (Å²) in [5.41, 5.74) is 2.47. The molecule has 0 atom stereocenters. The molecule has 0 saturated carbocycles. The van der Waals surface area contributed by atoms with Gasteiger partial charge in [-0.25, -0.2) is 0 Å². The Labute approximate surface area is 105 Å². The minimum Gasteiger partial charge on any atom is -0.314 e. The molecule has 0 aliphatic carbocycles. The van der Waals surface area contributed by atoms with Crippen molar-refractivity contribution < 1.29 is 0 Å². The van der Waals surface area contributed by atoms with Gasteiger partial charge in [-0.05, 0) is 46.5 Å². The first kappa shape index (κ1) is 14.1. The normalized spacial score (nSPS) is 12.1. The van der Waals surface area contributed by atoms with Gasteiger partial charge in [0, 0.05) is 18.6 Å². The fourth-order valence-corrected chi connectivity index (χ4v) is 1.62. The standard InChI is InChI=1S/C14H25N3/c1-6-14(2,3)17(5)11-13-9-7-8-12(16-13)10-15-4/h7-9,15H,6,10-11H2,1-5H3. The van der Waals surface area contributed by atoms with Gasteiger partial charge in [0.05, 0.1) is 11.4 Å². The molecule has 1 aromatic rings. The second kappa shape index (κ2) is 6.12. The van der Waals surface area contributed by atoms with Crippen molar-refractivity contribution in [2.24, 2.45) is 0 Å². The fourth-order valence-electron chi connectivity index (χ4n) is 1.62. The lowest BCUT2D eigenvalue weighted by atomic mass is 10.00. The number of pyridine rings is 1. The number of aromatic nitrogens is 1. The molecule has 1 heterocycles. The summed E-state index contributed by atoms with van der Waals surface area (Å²) in [6.07, 6.45) is 1.14. The number of rotatable bonds is 6. The van der Waals surface area contributed by atoms with Gasteiger partial charge < -0.3 is 5.32 Å². The lowest BCUT2D eigenvalue weighted by Gasteiger charge is -2.34. The van der Waals surface area contributed by atoms with E-state index in [4.69, 9.17) is 0 Å². The van der Waals surface area contributed by atoms with Gasteiger partial charge in [0.25, 0.3) is 0 Å². The third-order valence-corrected chi connectivity index (χ3v) is 3.52. The van der Waals surface area contributed by atoms with E-state index in [9.17, 15) is 0 Å². The van der Waals surface area contributed by atoms with Crippen molar-refractivity contribution in [3.05, 3.63) is 29.6 Å². The molecule has 0 aliphatic heterocycles. The number of nitrogens with zero attached hydrogens (tertiary/aromatic N) is 2. The summed E-state index contributed by atoms with van der Waals surface area (Å²) < 4.78 is 0. The molecule has 1 N–H and O–H groups in total. The van der Waals surface area contributed by atoms with E-state index in [0.717, 1.165) is 30.9 Å². The topological polar surface area (TPSA) is 28.2 Å². The molecule has 1 rings (SSSR count). The van der Waals surface area contributed by atoms with Crippen LogP contribution in [0.15, 0.2) is 18.2 Å². The predicted molar refractivity (Wildman–Crippen MR) is 72.8 cm³/mol. The molecular weight excluding hydrogens is 210 g/mol. The molecule has 0 aromatic carbocycles. The van der Waals surface area contributed by atoms with Gasteiger partial charge in [-0.2, -0.15) is 0 Å². The van der Waals surface area contributed by atoms with Crippen LogP contribution in [0.5, 0.6) is 0 Å². The number of hydrogen-bond donors (Lipinski definition) is 1. The zero-order valence-corrected chi connectivity index (χ0v) is 11.7. The highest BCUT2D eigenvalue weighted by Gasteiger charge is 2.21. The van der Waals surface area contributed by atoms with Gasteiger partial charge in [0.1, 0.15) is 0 Å². The molecule has 3 nitrogen and oxygen atoms in total. The highest BCUT2D eigenvalue weighted by atomic mass is 15.2. The molecule has 0 aliphatic rings. The third-order valence-electron chi connectivity index (χ3n) is 3.52. The zero-order chi connectivity index (χ0) is 12.9. The summed E-state index contributed by atoms with van der Waals surface area (Å²) in [4.78, 5) is 7.01. The third kappa shape index (κ3) is 4.10. The fraction of sp³-hybridized carbons (Fsp3) is 0.643. The SMILES string of the molecule is CCC(C)(C)N(C)Cc1cccc(CNC)n1. The Hall–Kier alpha value is -0.930. The van der Waals surface area contributed by atoms with E-state index in [-0.39, 0.29) is 5.54 Å². The van der Waals surface area contributed by atoms with Crippen molar-refractivity contribution in [1.82, 2.24) is 15.2 Å². The van der Waals surface area contributed by atoms with Gasteiger partial charge in [-0.15, -0.1) is 0 Å². The maximum absolute atomic E-state index is 4.65.